The number of piperidine rings is 1. The number of thiophene rings is 1. The van der Waals surface area contributed by atoms with E-state index in [9.17, 15) is 18.0 Å². The summed E-state index contributed by atoms with van der Waals surface area (Å²) in [5, 5.41) is 1.71. The van der Waals surface area contributed by atoms with E-state index in [-0.39, 0.29) is 4.21 Å². The molecule has 0 radical (unpaired) electrons. The normalized spacial score (nSPS) is 15.0. The van der Waals surface area contributed by atoms with Crippen LogP contribution in [0.4, 0.5) is 11.4 Å². The van der Waals surface area contributed by atoms with Gasteiger partial charge in [-0.2, -0.15) is 0 Å². The molecule has 3 aromatic rings. The molecule has 1 aliphatic heterocycles. The van der Waals surface area contributed by atoms with Gasteiger partial charge in [0.2, 0.25) is 0 Å². The third-order valence-electron chi connectivity index (χ3n) is 5.31. The number of hydrogen-bond donors (Lipinski definition) is 1. The van der Waals surface area contributed by atoms with Gasteiger partial charge >= 0.3 is 11.1 Å². The molecule has 3 heterocycles. The third kappa shape index (κ3) is 3.46. The fourth-order valence-electron chi connectivity index (χ4n) is 3.70. The van der Waals surface area contributed by atoms with Gasteiger partial charge in [0.05, 0.1) is 22.4 Å². The lowest BCUT2D eigenvalue weighted by molar-refractivity contribution is 0.578. The molecule has 4 rings (SSSR count). The largest absolute Gasteiger partial charge is 0.370 e. The molecule has 0 bridgehead atoms. The molecule has 0 saturated carbocycles. The Hall–Kier alpha value is -2.59. The fraction of sp³-hybridized carbons (Fsp3) is 0.368. The van der Waals surface area contributed by atoms with E-state index in [4.69, 9.17) is 0 Å². The van der Waals surface area contributed by atoms with Gasteiger partial charge in [0.25, 0.3) is 10.0 Å². The van der Waals surface area contributed by atoms with Gasteiger partial charge in [-0.1, -0.05) is 6.07 Å². The van der Waals surface area contributed by atoms with E-state index in [0.29, 0.717) is 22.4 Å². The molecule has 29 heavy (non-hydrogen) atoms. The first-order valence-corrected chi connectivity index (χ1v) is 11.7. The van der Waals surface area contributed by atoms with Crippen LogP contribution < -0.4 is 20.7 Å². The minimum Gasteiger partial charge on any atom is -0.370 e. The first-order chi connectivity index (χ1) is 13.8. The van der Waals surface area contributed by atoms with Gasteiger partial charge in [-0.3, -0.25) is 14.3 Å². The number of nitrogens with zero attached hydrogens (tertiary/aromatic N) is 3. The van der Waals surface area contributed by atoms with E-state index >= 15 is 0 Å². The maximum absolute atomic E-state index is 12.9. The van der Waals surface area contributed by atoms with Gasteiger partial charge in [0.1, 0.15) is 4.21 Å². The number of sulfonamides is 1. The van der Waals surface area contributed by atoms with E-state index in [2.05, 4.69) is 9.62 Å². The highest BCUT2D eigenvalue weighted by Crippen LogP contribution is 2.34. The Balaban J connectivity index is 1.95. The molecular weight excluding hydrogens is 412 g/mol. The highest BCUT2D eigenvalue weighted by Gasteiger charge is 2.23. The average molecular weight is 435 g/mol. The van der Waals surface area contributed by atoms with Crippen LogP contribution in [0.25, 0.3) is 11.0 Å². The van der Waals surface area contributed by atoms with Gasteiger partial charge in [0.15, 0.2) is 0 Å². The SMILES string of the molecule is Cn1c(=O)c(=O)n(C)c2cc(N3CCCCC3)c(NS(=O)(=O)c3cccs3)cc21. The predicted molar refractivity (Wildman–Crippen MR) is 116 cm³/mol. The standard InChI is InChI=1S/C19H22N4O4S2/c1-21-15-11-13(20-29(26,27)17-7-6-10-28-17)14(23-8-4-3-5-9-23)12-16(15)22(2)19(25)18(21)24/h6-7,10-12,20H,3-5,8-9H2,1-2H3. The van der Waals surface area contributed by atoms with E-state index in [1.54, 1.807) is 36.7 Å². The van der Waals surface area contributed by atoms with Crippen molar-refractivity contribution in [2.75, 3.05) is 22.7 Å². The van der Waals surface area contributed by atoms with Gasteiger partial charge in [-0.15, -0.1) is 11.3 Å². The van der Waals surface area contributed by atoms with Crippen molar-refractivity contribution in [3.8, 4) is 0 Å². The minimum atomic E-state index is -3.76. The lowest BCUT2D eigenvalue weighted by Crippen LogP contribution is -2.39. The predicted octanol–water partition coefficient (Wildman–Crippen LogP) is 2.09. The zero-order valence-corrected chi connectivity index (χ0v) is 17.8. The summed E-state index contributed by atoms with van der Waals surface area (Å²) in [5.41, 5.74) is 0.917. The molecule has 1 aliphatic rings. The maximum atomic E-state index is 12.9. The number of fused-ring (bicyclic) bond motifs is 1. The molecule has 10 heteroatoms. The Morgan fingerprint density at radius 3 is 2.17 bits per heavy atom. The second-order valence-corrected chi connectivity index (χ2v) is 10.0. The summed E-state index contributed by atoms with van der Waals surface area (Å²) in [6.45, 7) is 1.61. The van der Waals surface area contributed by atoms with Gasteiger partial charge in [-0.05, 0) is 42.8 Å². The first-order valence-electron chi connectivity index (χ1n) is 9.34. The molecule has 0 unspecified atom stereocenters. The highest BCUT2D eigenvalue weighted by molar-refractivity contribution is 7.94. The van der Waals surface area contributed by atoms with Gasteiger partial charge < -0.3 is 14.0 Å². The van der Waals surface area contributed by atoms with Crippen molar-refractivity contribution in [3.05, 3.63) is 50.4 Å². The molecule has 0 atom stereocenters. The summed E-state index contributed by atoms with van der Waals surface area (Å²) in [4.78, 5) is 26.7. The Morgan fingerprint density at radius 1 is 0.966 bits per heavy atom. The fourth-order valence-corrected chi connectivity index (χ4v) is 5.76. The zero-order valence-electron chi connectivity index (χ0n) is 16.2. The molecule has 1 saturated heterocycles. The van der Waals surface area contributed by atoms with Crippen LogP contribution >= 0.6 is 11.3 Å². The second kappa shape index (κ2) is 7.34. The molecule has 1 N–H and O–H groups in total. The summed E-state index contributed by atoms with van der Waals surface area (Å²) in [7, 11) is -0.680. The minimum absolute atomic E-state index is 0.219. The quantitative estimate of drug-likeness (QED) is 0.635. The molecule has 0 amide bonds. The van der Waals surface area contributed by atoms with Crippen LogP contribution in [0.1, 0.15) is 19.3 Å². The van der Waals surface area contributed by atoms with Crippen molar-refractivity contribution in [1.82, 2.24) is 9.13 Å². The van der Waals surface area contributed by atoms with Crippen molar-refractivity contribution in [3.63, 3.8) is 0 Å². The van der Waals surface area contributed by atoms with Crippen LogP contribution in [-0.2, 0) is 24.1 Å². The van der Waals surface area contributed by atoms with Crippen LogP contribution in [0, 0.1) is 0 Å². The van der Waals surface area contributed by atoms with E-state index in [1.807, 2.05) is 0 Å². The Morgan fingerprint density at radius 2 is 1.59 bits per heavy atom. The zero-order chi connectivity index (χ0) is 20.8. The molecule has 0 spiro atoms. The maximum Gasteiger partial charge on any atom is 0.316 e. The molecule has 0 aliphatic carbocycles. The summed E-state index contributed by atoms with van der Waals surface area (Å²) in [6.07, 6.45) is 3.16. The van der Waals surface area contributed by atoms with E-state index < -0.39 is 21.1 Å². The molecule has 1 aromatic carbocycles. The molecule has 1 fully saturated rings. The molecule has 2 aromatic heterocycles. The average Bonchev–Trinajstić information content (AvgIpc) is 3.27. The topological polar surface area (TPSA) is 93.4 Å². The lowest BCUT2D eigenvalue weighted by atomic mass is 10.1. The summed E-state index contributed by atoms with van der Waals surface area (Å²) >= 11 is 1.14. The van der Waals surface area contributed by atoms with Crippen molar-refractivity contribution in [1.29, 1.82) is 0 Å². The first kappa shape index (κ1) is 19.7. The van der Waals surface area contributed by atoms with Crippen molar-refractivity contribution >= 4 is 43.8 Å². The smallest absolute Gasteiger partial charge is 0.316 e. The van der Waals surface area contributed by atoms with Crippen molar-refractivity contribution in [2.24, 2.45) is 14.1 Å². The number of hydrogen-bond acceptors (Lipinski definition) is 6. The van der Waals surface area contributed by atoms with Crippen LogP contribution in [0.2, 0.25) is 0 Å². The number of rotatable bonds is 4. The summed E-state index contributed by atoms with van der Waals surface area (Å²) in [5.74, 6) is 0. The summed E-state index contributed by atoms with van der Waals surface area (Å²) < 4.78 is 31.2. The van der Waals surface area contributed by atoms with Crippen LogP contribution in [-0.4, -0.2) is 30.6 Å². The Labute approximate surface area is 172 Å². The van der Waals surface area contributed by atoms with Crippen molar-refractivity contribution in [2.45, 2.75) is 23.5 Å². The third-order valence-corrected chi connectivity index (χ3v) is 8.07. The number of aryl methyl sites for hydroxylation is 2. The van der Waals surface area contributed by atoms with Crippen LogP contribution in [0.5, 0.6) is 0 Å². The van der Waals surface area contributed by atoms with Crippen LogP contribution in [0.15, 0.2) is 43.4 Å². The number of aromatic nitrogens is 2. The number of nitrogens with one attached hydrogen (secondary N) is 1. The monoisotopic (exact) mass is 434 g/mol. The molecule has 154 valence electrons. The Kier molecular flexibility index (Phi) is 4.99. The second-order valence-electron chi connectivity index (χ2n) is 7.17. The summed E-state index contributed by atoms with van der Waals surface area (Å²) in [6, 6.07) is 6.68. The number of anilines is 2. The number of benzene rings is 1. The lowest BCUT2D eigenvalue weighted by Gasteiger charge is -2.31. The van der Waals surface area contributed by atoms with E-state index in [1.165, 1.54) is 16.2 Å². The highest BCUT2D eigenvalue weighted by atomic mass is 32.2. The molecular formula is C19H22N4O4S2. The van der Waals surface area contributed by atoms with E-state index in [0.717, 1.165) is 43.7 Å². The van der Waals surface area contributed by atoms with Gasteiger partial charge in [0, 0.05) is 27.2 Å². The van der Waals surface area contributed by atoms with Crippen LogP contribution in [0.3, 0.4) is 0 Å². The Bertz CT molecular complexity index is 1280. The molecule has 8 nitrogen and oxygen atoms in total. The van der Waals surface area contributed by atoms with Gasteiger partial charge in [-0.25, -0.2) is 8.42 Å². The van der Waals surface area contributed by atoms with Crippen molar-refractivity contribution < 1.29 is 8.42 Å².